The number of aryl methyl sites for hydroxylation is 1. The van der Waals surface area contributed by atoms with E-state index in [-0.39, 0.29) is 6.61 Å². The third-order valence-corrected chi connectivity index (χ3v) is 4.14. The molecule has 6 heteroatoms. The van der Waals surface area contributed by atoms with Gasteiger partial charge < -0.3 is 5.11 Å². The molecule has 84 valence electrons. The number of halogens is 1. The van der Waals surface area contributed by atoms with Crippen LogP contribution in [0, 0.1) is 6.92 Å². The van der Waals surface area contributed by atoms with E-state index < -0.39 is 0 Å². The highest BCUT2D eigenvalue weighted by Gasteiger charge is 2.05. The molecule has 1 aromatic heterocycles. The molecular weight excluding hydrogens is 264 g/mol. The molecular formula is C10H9ClN2OS2. The molecule has 0 aliphatic rings. The minimum absolute atomic E-state index is 0.0400. The molecule has 0 bridgehead atoms. The maximum Gasteiger partial charge on any atom is 0.179 e. The first-order chi connectivity index (χ1) is 7.69. The summed E-state index contributed by atoms with van der Waals surface area (Å²) < 4.78 is 0.894. The van der Waals surface area contributed by atoms with Crippen molar-refractivity contribution in [2.75, 3.05) is 0 Å². The molecule has 16 heavy (non-hydrogen) atoms. The van der Waals surface area contributed by atoms with Crippen molar-refractivity contribution in [3.63, 3.8) is 0 Å². The third-order valence-electron chi connectivity index (χ3n) is 1.91. The van der Waals surface area contributed by atoms with E-state index in [9.17, 15) is 0 Å². The Hall–Kier alpha value is -0.620. The molecule has 0 radical (unpaired) electrons. The molecule has 0 spiro atoms. The fourth-order valence-corrected chi connectivity index (χ4v) is 3.27. The van der Waals surface area contributed by atoms with Gasteiger partial charge in [0.15, 0.2) is 4.34 Å². The van der Waals surface area contributed by atoms with E-state index in [2.05, 4.69) is 10.2 Å². The van der Waals surface area contributed by atoms with Crippen molar-refractivity contribution >= 4 is 34.7 Å². The van der Waals surface area contributed by atoms with Crippen LogP contribution in [0.2, 0.25) is 5.02 Å². The summed E-state index contributed by atoms with van der Waals surface area (Å²) in [7, 11) is 0. The molecule has 1 heterocycles. The quantitative estimate of drug-likeness (QED) is 0.932. The number of rotatable bonds is 3. The van der Waals surface area contributed by atoms with Crippen LogP contribution in [0.3, 0.4) is 0 Å². The Bertz CT molecular complexity index is 501. The second-order valence-corrected chi connectivity index (χ2v) is 6.01. The van der Waals surface area contributed by atoms with Crippen LogP contribution in [0.25, 0.3) is 0 Å². The van der Waals surface area contributed by atoms with E-state index in [4.69, 9.17) is 16.7 Å². The molecule has 2 aromatic rings. The first-order valence-corrected chi connectivity index (χ1v) is 6.57. The van der Waals surface area contributed by atoms with Crippen molar-refractivity contribution in [2.24, 2.45) is 0 Å². The second kappa shape index (κ2) is 5.14. The molecule has 0 fully saturated rings. The lowest BCUT2D eigenvalue weighted by Crippen LogP contribution is -1.84. The van der Waals surface area contributed by atoms with Gasteiger partial charge in [-0.3, -0.25) is 0 Å². The zero-order valence-corrected chi connectivity index (χ0v) is 10.9. The number of aromatic nitrogens is 2. The van der Waals surface area contributed by atoms with Crippen LogP contribution in [0.15, 0.2) is 27.4 Å². The molecule has 0 unspecified atom stereocenters. The van der Waals surface area contributed by atoms with E-state index >= 15 is 0 Å². The van der Waals surface area contributed by atoms with Gasteiger partial charge in [-0.2, -0.15) is 0 Å². The highest BCUT2D eigenvalue weighted by molar-refractivity contribution is 8.01. The summed E-state index contributed by atoms with van der Waals surface area (Å²) in [6.07, 6.45) is 0. The van der Waals surface area contributed by atoms with Gasteiger partial charge in [0.05, 0.1) is 6.61 Å². The minimum atomic E-state index is -0.0400. The van der Waals surface area contributed by atoms with E-state index in [1.165, 1.54) is 11.8 Å². The number of aliphatic hydroxyl groups excluding tert-OH is 1. The van der Waals surface area contributed by atoms with Gasteiger partial charge in [0.2, 0.25) is 0 Å². The van der Waals surface area contributed by atoms with Gasteiger partial charge in [0.1, 0.15) is 5.01 Å². The summed E-state index contributed by atoms with van der Waals surface area (Å²) in [5.74, 6) is 0. The van der Waals surface area contributed by atoms with E-state index in [1.807, 2.05) is 25.1 Å². The van der Waals surface area contributed by atoms with Crippen LogP contribution in [0.5, 0.6) is 0 Å². The lowest BCUT2D eigenvalue weighted by atomic mass is 10.2. The van der Waals surface area contributed by atoms with Gasteiger partial charge >= 0.3 is 0 Å². The second-order valence-electron chi connectivity index (χ2n) is 3.10. The summed E-state index contributed by atoms with van der Waals surface area (Å²) in [6, 6.07) is 5.56. The summed E-state index contributed by atoms with van der Waals surface area (Å²) in [6.45, 7) is 1.88. The number of hydrogen-bond acceptors (Lipinski definition) is 5. The van der Waals surface area contributed by atoms with Crippen molar-refractivity contribution in [1.82, 2.24) is 10.2 Å². The van der Waals surface area contributed by atoms with Crippen LogP contribution in [0.1, 0.15) is 10.6 Å². The smallest absolute Gasteiger partial charge is 0.179 e. The number of nitrogens with zero attached hydrogens (tertiary/aromatic N) is 2. The number of aliphatic hydroxyl groups is 1. The topological polar surface area (TPSA) is 46.0 Å². The predicted molar refractivity (Wildman–Crippen MR) is 66.1 cm³/mol. The Morgan fingerprint density at radius 1 is 1.44 bits per heavy atom. The molecule has 1 N–H and O–H groups in total. The average Bonchev–Trinajstić information content (AvgIpc) is 2.64. The summed E-state index contributed by atoms with van der Waals surface area (Å²) in [5.41, 5.74) is 0.736. The molecule has 0 aliphatic carbocycles. The van der Waals surface area contributed by atoms with Crippen molar-refractivity contribution in [1.29, 1.82) is 0 Å². The predicted octanol–water partition coefficient (Wildman–Crippen LogP) is 3.14. The summed E-state index contributed by atoms with van der Waals surface area (Å²) in [4.78, 5) is 0.998. The molecule has 2 rings (SSSR count). The zero-order chi connectivity index (χ0) is 11.5. The molecule has 0 saturated heterocycles. The Balaban J connectivity index is 2.19. The van der Waals surface area contributed by atoms with Crippen LogP contribution in [-0.2, 0) is 6.61 Å². The van der Waals surface area contributed by atoms with Crippen LogP contribution in [-0.4, -0.2) is 15.3 Å². The first kappa shape index (κ1) is 11.9. The molecule has 0 amide bonds. The van der Waals surface area contributed by atoms with E-state index in [0.717, 1.165) is 19.8 Å². The summed E-state index contributed by atoms with van der Waals surface area (Å²) >= 11 is 9.06. The van der Waals surface area contributed by atoms with Gasteiger partial charge in [-0.25, -0.2) is 0 Å². The largest absolute Gasteiger partial charge is 0.392 e. The number of benzene rings is 1. The first-order valence-electron chi connectivity index (χ1n) is 4.56. The Morgan fingerprint density at radius 2 is 2.25 bits per heavy atom. The maximum atomic E-state index is 8.99. The fraction of sp³-hybridized carbons (Fsp3) is 0.200. The van der Waals surface area contributed by atoms with Crippen LogP contribution < -0.4 is 0 Å². The minimum Gasteiger partial charge on any atom is -0.392 e. The number of hydrogen-bond donors (Lipinski definition) is 1. The van der Waals surface area contributed by atoms with Gasteiger partial charge in [-0.05, 0) is 24.6 Å². The molecule has 1 aromatic carbocycles. The third kappa shape index (κ3) is 2.74. The average molecular weight is 273 g/mol. The standard InChI is InChI=1S/C10H9ClN2OS2/c1-6-12-13-10(15-6)16-8-3-2-7(5-14)9(11)4-8/h2-4,14H,5H2,1H3. The lowest BCUT2D eigenvalue weighted by molar-refractivity contribution is 0.282. The van der Waals surface area contributed by atoms with Crippen molar-refractivity contribution in [2.45, 2.75) is 22.8 Å². The highest BCUT2D eigenvalue weighted by Crippen LogP contribution is 2.32. The Labute approximate surface area is 106 Å². The van der Waals surface area contributed by atoms with Gasteiger partial charge in [0, 0.05) is 9.92 Å². The van der Waals surface area contributed by atoms with E-state index in [1.54, 1.807) is 11.3 Å². The van der Waals surface area contributed by atoms with Crippen LogP contribution >= 0.6 is 34.7 Å². The molecule has 0 atom stereocenters. The van der Waals surface area contributed by atoms with Gasteiger partial charge in [-0.1, -0.05) is 40.8 Å². The highest BCUT2D eigenvalue weighted by atomic mass is 35.5. The van der Waals surface area contributed by atoms with Crippen molar-refractivity contribution < 1.29 is 5.11 Å². The Kier molecular flexibility index (Phi) is 3.81. The van der Waals surface area contributed by atoms with Crippen LogP contribution in [0.4, 0.5) is 0 Å². The van der Waals surface area contributed by atoms with Crippen molar-refractivity contribution in [3.8, 4) is 0 Å². The van der Waals surface area contributed by atoms with Gasteiger partial charge in [0.25, 0.3) is 0 Å². The Morgan fingerprint density at radius 3 is 2.81 bits per heavy atom. The normalized spacial score (nSPS) is 10.7. The fourth-order valence-electron chi connectivity index (χ4n) is 1.14. The molecule has 3 nitrogen and oxygen atoms in total. The molecule has 0 aliphatic heterocycles. The maximum absolute atomic E-state index is 8.99. The SMILES string of the molecule is Cc1nnc(Sc2ccc(CO)c(Cl)c2)s1. The molecule has 0 saturated carbocycles. The van der Waals surface area contributed by atoms with Gasteiger partial charge in [-0.15, -0.1) is 10.2 Å². The lowest BCUT2D eigenvalue weighted by Gasteiger charge is -2.02. The van der Waals surface area contributed by atoms with E-state index in [0.29, 0.717) is 5.02 Å². The van der Waals surface area contributed by atoms with Crippen molar-refractivity contribution in [3.05, 3.63) is 33.8 Å². The monoisotopic (exact) mass is 272 g/mol. The summed E-state index contributed by atoms with van der Waals surface area (Å²) in [5, 5.41) is 18.5. The zero-order valence-electron chi connectivity index (χ0n) is 8.48.